The number of anilines is 4. The minimum absolute atomic E-state index is 0.00214. The van der Waals surface area contributed by atoms with Gasteiger partial charge >= 0.3 is 0 Å². The van der Waals surface area contributed by atoms with Crippen molar-refractivity contribution in [2.45, 2.75) is 97.8 Å². The van der Waals surface area contributed by atoms with Crippen LogP contribution in [0, 0.1) is 0 Å². The number of hydrogen-bond acceptors (Lipinski definition) is 4. The molecule has 62 heavy (non-hydrogen) atoms. The molecule has 0 radical (unpaired) electrons. The van der Waals surface area contributed by atoms with E-state index in [0.29, 0.717) is 6.67 Å². The quantitative estimate of drug-likeness (QED) is 0.160. The maximum atomic E-state index is 7.00. The van der Waals surface area contributed by atoms with Gasteiger partial charge in [0.05, 0.1) is 22.4 Å². The molecule has 5 heteroatoms. The average Bonchev–Trinajstić information content (AvgIpc) is 3.79. The van der Waals surface area contributed by atoms with Crippen LogP contribution < -0.4 is 14.5 Å². The highest BCUT2D eigenvalue weighted by molar-refractivity contribution is 6.09. The molecule has 2 aromatic heterocycles. The summed E-state index contributed by atoms with van der Waals surface area (Å²) < 4.78 is 9.29. The molecule has 5 nitrogen and oxygen atoms in total. The highest BCUT2D eigenvalue weighted by atomic mass is 16.5. The number of hydrogen-bond donors (Lipinski definition) is 0. The lowest BCUT2D eigenvalue weighted by Crippen LogP contribution is -2.25. The van der Waals surface area contributed by atoms with Gasteiger partial charge in [0.25, 0.3) is 0 Å². The molecule has 0 atom stereocenters. The van der Waals surface area contributed by atoms with E-state index in [2.05, 4.69) is 236 Å². The fourth-order valence-electron chi connectivity index (χ4n) is 8.89. The molecule has 1 aliphatic heterocycles. The van der Waals surface area contributed by atoms with E-state index in [1.165, 1.54) is 50.3 Å². The Morgan fingerprint density at radius 3 is 1.82 bits per heavy atom. The van der Waals surface area contributed by atoms with Gasteiger partial charge in [-0.25, -0.2) is 4.98 Å². The second kappa shape index (κ2) is 14.9. The normalized spacial score (nSPS) is 13.6. The highest BCUT2D eigenvalue weighted by Crippen LogP contribution is 2.48. The van der Waals surface area contributed by atoms with Gasteiger partial charge in [0.1, 0.15) is 24.0 Å². The van der Waals surface area contributed by atoms with E-state index in [1.54, 1.807) is 0 Å². The van der Waals surface area contributed by atoms with E-state index >= 15 is 0 Å². The molecule has 0 spiro atoms. The summed E-state index contributed by atoms with van der Waals surface area (Å²) in [5.74, 6) is 2.46. The third-order valence-corrected chi connectivity index (χ3v) is 12.9. The summed E-state index contributed by atoms with van der Waals surface area (Å²) in [6.45, 7) is 25.8. The lowest BCUT2D eigenvalue weighted by atomic mass is 9.78. The third-order valence-electron chi connectivity index (χ3n) is 12.9. The third kappa shape index (κ3) is 7.52. The second-order valence-corrected chi connectivity index (χ2v) is 20.7. The van der Waals surface area contributed by atoms with Gasteiger partial charge < -0.3 is 14.5 Å². The second-order valence-electron chi connectivity index (χ2n) is 20.7. The number of aromatic nitrogens is 2. The van der Waals surface area contributed by atoms with Gasteiger partial charge in [-0.3, -0.25) is 4.57 Å². The fraction of sp³-hybridized carbons (Fsp3) is 0.281. The van der Waals surface area contributed by atoms with Crippen molar-refractivity contribution in [2.75, 3.05) is 16.5 Å². The number of para-hydroxylation sites is 1. The molecule has 9 rings (SSSR count). The van der Waals surface area contributed by atoms with E-state index in [-0.39, 0.29) is 21.7 Å². The molecule has 0 amide bonds. The first kappa shape index (κ1) is 41.0. The van der Waals surface area contributed by atoms with E-state index in [4.69, 9.17) is 9.72 Å². The van der Waals surface area contributed by atoms with Crippen molar-refractivity contribution < 1.29 is 4.74 Å². The summed E-state index contributed by atoms with van der Waals surface area (Å²) in [5, 5.41) is 2.34. The van der Waals surface area contributed by atoms with E-state index in [0.717, 1.165) is 39.4 Å². The van der Waals surface area contributed by atoms with Gasteiger partial charge in [-0.05, 0) is 111 Å². The van der Waals surface area contributed by atoms with Gasteiger partial charge in [0, 0.05) is 45.9 Å². The molecule has 1 aliphatic rings. The summed E-state index contributed by atoms with van der Waals surface area (Å²) >= 11 is 0. The van der Waals surface area contributed by atoms with Crippen LogP contribution in [0.5, 0.6) is 11.5 Å². The molecule has 314 valence electrons. The fourth-order valence-corrected chi connectivity index (χ4v) is 8.89. The molecule has 3 heterocycles. The minimum atomic E-state index is -0.209. The molecule has 0 fully saturated rings. The lowest BCUT2D eigenvalue weighted by molar-refractivity contribution is 0.479. The Morgan fingerprint density at radius 1 is 0.435 bits per heavy atom. The Balaban J connectivity index is 1.14. The van der Waals surface area contributed by atoms with Crippen molar-refractivity contribution in [1.82, 2.24) is 9.55 Å². The Bertz CT molecular complexity index is 2950. The summed E-state index contributed by atoms with van der Waals surface area (Å²) in [6, 6.07) is 53.0. The Labute approximate surface area is 368 Å². The summed E-state index contributed by atoms with van der Waals surface area (Å²) in [5.41, 5.74) is 12.9. The number of rotatable bonds is 7. The number of benzene rings is 6. The molecular weight excluding hydrogens is 757 g/mol. The molecule has 8 aromatic rings. The molecule has 0 saturated heterocycles. The largest absolute Gasteiger partial charge is 0.457 e. The maximum absolute atomic E-state index is 7.00. The monoisotopic (exact) mass is 816 g/mol. The van der Waals surface area contributed by atoms with Gasteiger partial charge in [-0.15, -0.1) is 0 Å². The zero-order chi connectivity index (χ0) is 43.8. The first-order valence-corrected chi connectivity index (χ1v) is 22.1. The van der Waals surface area contributed by atoms with Crippen molar-refractivity contribution in [2.24, 2.45) is 0 Å². The van der Waals surface area contributed by atoms with Crippen LogP contribution in [0.25, 0.3) is 27.6 Å². The predicted molar refractivity (Wildman–Crippen MR) is 262 cm³/mol. The van der Waals surface area contributed by atoms with Crippen molar-refractivity contribution in [3.05, 3.63) is 180 Å². The minimum Gasteiger partial charge on any atom is -0.457 e. The van der Waals surface area contributed by atoms with Crippen molar-refractivity contribution in [1.29, 1.82) is 0 Å². The van der Waals surface area contributed by atoms with Crippen LogP contribution in [-0.2, 0) is 21.7 Å². The molecular formula is C57H60N4O. The topological polar surface area (TPSA) is 33.5 Å². The highest BCUT2D eigenvalue weighted by Gasteiger charge is 2.32. The maximum Gasteiger partial charge on any atom is 0.137 e. The SMILES string of the molecule is CC(C)(C)c1cccc(N2CN(c3cc(Oc4ccc5c6ccccc6n(-c6cc(C(C)(C)c7ccccc7)ccn6)c5c4)cc(C(C)(C)C)c3)c3cc(C(C)(C)C)ccc32)c1. The van der Waals surface area contributed by atoms with Crippen LogP contribution in [0.15, 0.2) is 152 Å². The Kier molecular flexibility index (Phi) is 9.89. The van der Waals surface area contributed by atoms with Crippen molar-refractivity contribution in [3.63, 3.8) is 0 Å². The standard InChI is InChI=1S/C57H60N4O/c1-54(2,3)39-20-17-21-43(30-39)59-37-60(52-33-40(55(4,5)6)24-27-50(52)59)44-31-42(56(7,8)9)32-46(35-44)62-45-25-26-48-47-22-15-16-23-49(47)61(51(48)36-45)53-34-41(28-29-58-53)57(10,11)38-18-13-12-14-19-38/h12-36H,37H2,1-11H3. The van der Waals surface area contributed by atoms with Crippen LogP contribution >= 0.6 is 0 Å². The molecule has 0 aliphatic carbocycles. The van der Waals surface area contributed by atoms with Crippen molar-refractivity contribution in [3.8, 4) is 17.3 Å². The average molecular weight is 817 g/mol. The Hall–Kier alpha value is -6.33. The van der Waals surface area contributed by atoms with Gasteiger partial charge in [-0.2, -0.15) is 0 Å². The van der Waals surface area contributed by atoms with E-state index in [1.807, 2.05) is 6.20 Å². The smallest absolute Gasteiger partial charge is 0.137 e. The van der Waals surface area contributed by atoms with Crippen LogP contribution in [-0.4, -0.2) is 16.2 Å². The number of pyridine rings is 1. The summed E-state index contributed by atoms with van der Waals surface area (Å²) in [4.78, 5) is 9.92. The van der Waals surface area contributed by atoms with Crippen LogP contribution in [0.2, 0.25) is 0 Å². The van der Waals surface area contributed by atoms with Gasteiger partial charge in [0.15, 0.2) is 0 Å². The zero-order valence-electron chi connectivity index (χ0n) is 38.3. The molecule has 6 aromatic carbocycles. The molecule has 0 unspecified atom stereocenters. The lowest BCUT2D eigenvalue weighted by Gasteiger charge is -2.27. The zero-order valence-corrected chi connectivity index (χ0v) is 38.3. The predicted octanol–water partition coefficient (Wildman–Crippen LogP) is 15.4. The summed E-state index contributed by atoms with van der Waals surface area (Å²) in [7, 11) is 0. The molecule has 0 bridgehead atoms. The number of fused-ring (bicyclic) bond motifs is 4. The number of ether oxygens (including phenoxy) is 1. The molecule has 0 N–H and O–H groups in total. The first-order chi connectivity index (χ1) is 29.4. The summed E-state index contributed by atoms with van der Waals surface area (Å²) in [6.07, 6.45) is 1.94. The van der Waals surface area contributed by atoms with Crippen LogP contribution in [0.1, 0.15) is 104 Å². The Morgan fingerprint density at radius 2 is 1.08 bits per heavy atom. The van der Waals surface area contributed by atoms with Gasteiger partial charge in [0.2, 0.25) is 0 Å². The van der Waals surface area contributed by atoms with Crippen LogP contribution in [0.3, 0.4) is 0 Å². The van der Waals surface area contributed by atoms with E-state index < -0.39 is 0 Å². The first-order valence-electron chi connectivity index (χ1n) is 22.1. The van der Waals surface area contributed by atoms with Crippen molar-refractivity contribution >= 4 is 44.6 Å². The van der Waals surface area contributed by atoms with Gasteiger partial charge in [-0.1, -0.05) is 143 Å². The van der Waals surface area contributed by atoms with E-state index in [9.17, 15) is 0 Å². The van der Waals surface area contributed by atoms with Crippen LogP contribution in [0.4, 0.5) is 22.7 Å². The number of nitrogens with zero attached hydrogens (tertiary/aromatic N) is 4. The molecule has 0 saturated carbocycles.